The second kappa shape index (κ2) is 5.23. The average molecular weight is 298 g/mol. The fourth-order valence-electron chi connectivity index (χ4n) is 2.28. The molecule has 2 N–H and O–H groups in total. The van der Waals surface area contributed by atoms with Crippen LogP contribution in [0.1, 0.15) is 35.9 Å². The lowest BCUT2D eigenvalue weighted by molar-refractivity contribution is -0.163. The zero-order valence-electron chi connectivity index (χ0n) is 11.3. The van der Waals surface area contributed by atoms with Gasteiger partial charge < -0.3 is 10.3 Å². The second-order valence-electron chi connectivity index (χ2n) is 4.69. The van der Waals surface area contributed by atoms with Gasteiger partial charge in [0.1, 0.15) is 0 Å². The first-order valence-electron chi connectivity index (χ1n) is 6.17. The predicted octanol–water partition coefficient (Wildman–Crippen LogP) is 3.11. The molecule has 7 heteroatoms. The third kappa shape index (κ3) is 2.91. The second-order valence-corrected chi connectivity index (χ2v) is 4.69. The van der Waals surface area contributed by atoms with Gasteiger partial charge in [0.25, 0.3) is 0 Å². The molecule has 1 aromatic heterocycles. The van der Waals surface area contributed by atoms with Crippen molar-refractivity contribution in [1.29, 1.82) is 0 Å². The normalized spacial score (nSPS) is 13.2. The van der Waals surface area contributed by atoms with Crippen LogP contribution in [0.3, 0.4) is 0 Å². The van der Waals surface area contributed by atoms with Crippen LogP contribution >= 0.6 is 0 Å². The van der Waals surface area contributed by atoms with Crippen molar-refractivity contribution in [2.45, 2.75) is 26.1 Å². The molecule has 0 radical (unpaired) electrons. The van der Waals surface area contributed by atoms with Crippen molar-refractivity contribution in [2.75, 3.05) is 0 Å². The Kier molecular flexibility index (Phi) is 3.76. The van der Waals surface area contributed by atoms with Crippen LogP contribution in [0.15, 0.2) is 24.3 Å². The first-order valence-corrected chi connectivity index (χ1v) is 6.17. The van der Waals surface area contributed by atoms with Crippen molar-refractivity contribution in [1.82, 2.24) is 10.3 Å². The number of aromatic nitrogens is 1. The van der Waals surface area contributed by atoms with E-state index in [1.54, 1.807) is 24.3 Å². The maximum atomic E-state index is 13.2. The number of ketones is 1. The van der Waals surface area contributed by atoms with E-state index in [4.69, 9.17) is 0 Å². The Bertz CT molecular complexity index is 704. The van der Waals surface area contributed by atoms with Crippen LogP contribution in [-0.2, 0) is 4.79 Å². The van der Waals surface area contributed by atoms with Gasteiger partial charge in [-0.1, -0.05) is 18.2 Å². The van der Waals surface area contributed by atoms with E-state index in [-0.39, 0.29) is 11.3 Å². The van der Waals surface area contributed by atoms with Gasteiger partial charge in [0.05, 0.1) is 5.69 Å². The number of carbonyl (C=O) groups is 2. The highest BCUT2D eigenvalue weighted by Crippen LogP contribution is 2.36. The largest absolute Gasteiger partial charge is 0.414 e. The van der Waals surface area contributed by atoms with Gasteiger partial charge in [-0.05, 0) is 13.0 Å². The van der Waals surface area contributed by atoms with Crippen molar-refractivity contribution < 1.29 is 22.8 Å². The lowest BCUT2D eigenvalue weighted by Crippen LogP contribution is -2.37. The molecular weight excluding hydrogens is 285 g/mol. The first-order chi connectivity index (χ1) is 9.71. The molecule has 1 amide bonds. The fourth-order valence-corrected chi connectivity index (χ4v) is 2.28. The maximum absolute atomic E-state index is 13.2. The monoisotopic (exact) mass is 298 g/mol. The van der Waals surface area contributed by atoms with Crippen molar-refractivity contribution in [3.63, 3.8) is 0 Å². The van der Waals surface area contributed by atoms with E-state index in [9.17, 15) is 22.8 Å². The molecule has 0 spiro atoms. The predicted molar refractivity (Wildman–Crippen MR) is 70.9 cm³/mol. The molecule has 0 aliphatic carbocycles. The van der Waals surface area contributed by atoms with Gasteiger partial charge in [0, 0.05) is 23.4 Å². The number of nitrogens with one attached hydrogen (secondary N) is 2. The molecule has 0 aliphatic rings. The van der Waals surface area contributed by atoms with Gasteiger partial charge in [-0.2, -0.15) is 13.2 Å². The summed E-state index contributed by atoms with van der Waals surface area (Å²) in [5.74, 6) is -1.33. The molecule has 0 saturated carbocycles. The van der Waals surface area contributed by atoms with Crippen LogP contribution in [0, 0.1) is 0 Å². The fraction of sp³-hybridized carbons (Fsp3) is 0.286. The lowest BCUT2D eigenvalue weighted by atomic mass is 10.0. The van der Waals surface area contributed by atoms with Crippen LogP contribution in [0.2, 0.25) is 0 Å². The number of H-pyrrole nitrogens is 1. The Hall–Kier alpha value is -2.31. The van der Waals surface area contributed by atoms with E-state index in [2.05, 4.69) is 4.98 Å². The number of halogens is 3. The van der Waals surface area contributed by atoms with Crippen LogP contribution in [-0.4, -0.2) is 22.9 Å². The summed E-state index contributed by atoms with van der Waals surface area (Å²) in [6.07, 6.45) is -4.71. The quantitative estimate of drug-likeness (QED) is 0.855. The third-order valence-electron chi connectivity index (χ3n) is 3.05. The Balaban J connectivity index is 2.70. The van der Waals surface area contributed by atoms with Crippen LogP contribution in [0.25, 0.3) is 10.9 Å². The highest BCUT2D eigenvalue weighted by atomic mass is 19.4. The molecule has 0 bridgehead atoms. The van der Waals surface area contributed by atoms with E-state index in [1.807, 2.05) is 5.32 Å². The molecule has 2 rings (SSSR count). The number of hydrogen-bond donors (Lipinski definition) is 2. The number of alkyl halides is 3. The summed E-state index contributed by atoms with van der Waals surface area (Å²) in [7, 11) is 0. The van der Waals surface area contributed by atoms with Crippen molar-refractivity contribution in [3.05, 3.63) is 35.5 Å². The van der Waals surface area contributed by atoms with E-state index in [0.717, 1.165) is 6.92 Å². The molecule has 1 atom stereocenters. The van der Waals surface area contributed by atoms with E-state index in [1.165, 1.54) is 6.92 Å². The molecule has 2 aromatic rings. The number of fused-ring (bicyclic) bond motifs is 1. The number of Topliss-reactive ketones (excluding diaryl/α,β-unsaturated/α-hetero) is 1. The molecule has 21 heavy (non-hydrogen) atoms. The summed E-state index contributed by atoms with van der Waals surface area (Å²) in [5, 5.41) is 2.25. The summed E-state index contributed by atoms with van der Waals surface area (Å²) >= 11 is 0. The molecule has 0 saturated heterocycles. The number of amides is 1. The highest BCUT2D eigenvalue weighted by molar-refractivity contribution is 6.08. The molecule has 112 valence electrons. The minimum absolute atomic E-state index is 0.0540. The van der Waals surface area contributed by atoms with Crippen molar-refractivity contribution in [3.8, 4) is 0 Å². The maximum Gasteiger partial charge on any atom is 0.414 e. The molecule has 1 heterocycles. The number of hydrogen-bond acceptors (Lipinski definition) is 2. The van der Waals surface area contributed by atoms with Gasteiger partial charge >= 0.3 is 6.18 Å². The zero-order chi connectivity index (χ0) is 15.8. The standard InChI is InChI=1S/C14H13F3N2O2/c1-7(20)11-9-5-3-4-6-10(9)19-12(11)13(14(15,16)17)18-8(2)21/h3-6,13,19H,1-2H3,(H,18,21). The lowest BCUT2D eigenvalue weighted by Gasteiger charge is -2.21. The van der Waals surface area contributed by atoms with E-state index < -0.39 is 23.9 Å². The van der Waals surface area contributed by atoms with Crippen LogP contribution in [0.5, 0.6) is 0 Å². The van der Waals surface area contributed by atoms with Gasteiger partial charge in [-0.3, -0.25) is 9.59 Å². The number of carbonyl (C=O) groups excluding carboxylic acids is 2. The molecule has 0 aliphatic heterocycles. The van der Waals surface area contributed by atoms with Gasteiger partial charge in [-0.15, -0.1) is 0 Å². The number of aromatic amines is 1. The number of benzene rings is 1. The van der Waals surface area contributed by atoms with Gasteiger partial charge in [0.15, 0.2) is 11.8 Å². The van der Waals surface area contributed by atoms with E-state index in [0.29, 0.717) is 10.9 Å². The Morgan fingerprint density at radius 1 is 1.19 bits per heavy atom. The summed E-state index contributed by atoms with van der Waals surface area (Å²) in [4.78, 5) is 25.4. The smallest absolute Gasteiger partial charge is 0.356 e. The van der Waals surface area contributed by atoms with Crippen LogP contribution in [0.4, 0.5) is 13.2 Å². The summed E-state index contributed by atoms with van der Waals surface area (Å²) in [6, 6.07) is 4.17. The summed E-state index contributed by atoms with van der Waals surface area (Å²) < 4.78 is 39.6. The SMILES string of the molecule is CC(=O)NC(c1[nH]c2ccccc2c1C(C)=O)C(F)(F)F. The summed E-state index contributed by atoms with van der Waals surface area (Å²) in [5.41, 5.74) is 0.0189. The Morgan fingerprint density at radius 2 is 1.81 bits per heavy atom. The minimum atomic E-state index is -4.71. The zero-order valence-corrected chi connectivity index (χ0v) is 11.3. The Labute approximate surface area is 118 Å². The topological polar surface area (TPSA) is 62.0 Å². The molecule has 4 nitrogen and oxygen atoms in total. The van der Waals surface area contributed by atoms with Crippen LogP contribution < -0.4 is 5.32 Å². The molecule has 0 fully saturated rings. The molecule has 1 aromatic carbocycles. The molecule has 1 unspecified atom stereocenters. The van der Waals surface area contributed by atoms with Crippen molar-refractivity contribution >= 4 is 22.6 Å². The average Bonchev–Trinajstić information content (AvgIpc) is 2.73. The van der Waals surface area contributed by atoms with Gasteiger partial charge in [0.2, 0.25) is 5.91 Å². The number of rotatable bonds is 3. The Morgan fingerprint density at radius 3 is 2.33 bits per heavy atom. The minimum Gasteiger partial charge on any atom is -0.356 e. The number of para-hydroxylation sites is 1. The third-order valence-corrected chi connectivity index (χ3v) is 3.05. The summed E-state index contributed by atoms with van der Waals surface area (Å²) in [6.45, 7) is 2.19. The van der Waals surface area contributed by atoms with Gasteiger partial charge in [-0.25, -0.2) is 0 Å². The molecular formula is C14H13F3N2O2. The van der Waals surface area contributed by atoms with Crippen molar-refractivity contribution in [2.24, 2.45) is 0 Å². The highest BCUT2D eigenvalue weighted by Gasteiger charge is 2.44. The van der Waals surface area contributed by atoms with E-state index >= 15 is 0 Å². The first kappa shape index (κ1) is 15.1.